The van der Waals surface area contributed by atoms with Crippen LogP contribution in [0.4, 0.5) is 13.2 Å². The number of hydrogen-bond acceptors (Lipinski definition) is 2. The fraction of sp³-hybridized carbons (Fsp3) is 0.923. The maximum atomic E-state index is 12.3. The van der Waals surface area contributed by atoms with Gasteiger partial charge < -0.3 is 10.6 Å². The van der Waals surface area contributed by atoms with E-state index in [2.05, 4.69) is 29.5 Å². The molecule has 1 fully saturated rings. The molecule has 0 spiro atoms. The molecule has 1 saturated heterocycles. The topological polar surface area (TPSA) is 39.7 Å². The highest BCUT2D eigenvalue weighted by Gasteiger charge is 2.34. The van der Waals surface area contributed by atoms with Crippen molar-refractivity contribution in [3.05, 3.63) is 0 Å². The van der Waals surface area contributed by atoms with E-state index >= 15 is 0 Å². The van der Waals surface area contributed by atoms with Gasteiger partial charge in [-0.25, -0.2) is 0 Å². The SMILES string of the molecule is CCC(C)NC(=NC)NCC1CCN(CC(F)(F)F)C1.I. The first-order valence-corrected chi connectivity index (χ1v) is 7.10. The molecule has 0 aromatic heterocycles. The van der Waals surface area contributed by atoms with Gasteiger partial charge in [0.05, 0.1) is 6.54 Å². The zero-order chi connectivity index (χ0) is 15.2. The van der Waals surface area contributed by atoms with Gasteiger partial charge in [-0.05, 0) is 32.2 Å². The highest BCUT2D eigenvalue weighted by Crippen LogP contribution is 2.22. The molecule has 126 valence electrons. The van der Waals surface area contributed by atoms with E-state index in [9.17, 15) is 13.2 Å². The van der Waals surface area contributed by atoms with E-state index in [0.29, 0.717) is 31.6 Å². The summed E-state index contributed by atoms with van der Waals surface area (Å²) in [6, 6.07) is 0.325. The van der Waals surface area contributed by atoms with Gasteiger partial charge in [0, 0.05) is 26.2 Å². The van der Waals surface area contributed by atoms with Gasteiger partial charge in [-0.2, -0.15) is 13.2 Å². The Labute approximate surface area is 142 Å². The number of guanidine groups is 1. The van der Waals surface area contributed by atoms with Crippen molar-refractivity contribution in [1.29, 1.82) is 0 Å². The van der Waals surface area contributed by atoms with Crippen LogP contribution in [-0.2, 0) is 0 Å². The molecule has 0 aliphatic carbocycles. The Balaban J connectivity index is 0.00000400. The summed E-state index contributed by atoms with van der Waals surface area (Å²) in [6.45, 7) is 5.01. The van der Waals surface area contributed by atoms with E-state index in [1.54, 1.807) is 7.05 Å². The maximum absolute atomic E-state index is 12.3. The Morgan fingerprint density at radius 3 is 2.62 bits per heavy atom. The minimum absolute atomic E-state index is 0. The lowest BCUT2D eigenvalue weighted by Gasteiger charge is -2.20. The normalized spacial score (nSPS) is 21.8. The highest BCUT2D eigenvalue weighted by atomic mass is 127. The second-order valence-electron chi connectivity index (χ2n) is 5.41. The first-order valence-electron chi connectivity index (χ1n) is 7.10. The van der Waals surface area contributed by atoms with Gasteiger partial charge in [0.2, 0.25) is 0 Å². The molecule has 4 nitrogen and oxygen atoms in total. The van der Waals surface area contributed by atoms with Gasteiger partial charge in [0.1, 0.15) is 0 Å². The first kappa shape index (κ1) is 20.8. The van der Waals surface area contributed by atoms with Crippen LogP contribution < -0.4 is 10.6 Å². The van der Waals surface area contributed by atoms with Crippen LogP contribution in [0.2, 0.25) is 0 Å². The smallest absolute Gasteiger partial charge is 0.356 e. The fourth-order valence-electron chi connectivity index (χ4n) is 2.25. The summed E-state index contributed by atoms with van der Waals surface area (Å²) >= 11 is 0. The molecule has 0 bridgehead atoms. The van der Waals surface area contributed by atoms with Crippen molar-refractivity contribution in [1.82, 2.24) is 15.5 Å². The monoisotopic (exact) mass is 422 g/mol. The van der Waals surface area contributed by atoms with Crippen LogP contribution >= 0.6 is 24.0 Å². The summed E-state index contributed by atoms with van der Waals surface area (Å²) in [5.74, 6) is 0.960. The number of aliphatic imine (C=N–C) groups is 1. The van der Waals surface area contributed by atoms with E-state index in [-0.39, 0.29) is 29.9 Å². The predicted molar refractivity (Wildman–Crippen MR) is 90.3 cm³/mol. The van der Waals surface area contributed by atoms with E-state index in [1.807, 2.05) is 0 Å². The number of halogens is 4. The molecular weight excluding hydrogens is 396 g/mol. The quantitative estimate of drug-likeness (QED) is 0.406. The molecule has 1 aliphatic heterocycles. The summed E-state index contributed by atoms with van der Waals surface area (Å²) in [7, 11) is 1.70. The van der Waals surface area contributed by atoms with Crippen LogP contribution in [0.25, 0.3) is 0 Å². The summed E-state index contributed by atoms with van der Waals surface area (Å²) in [5, 5.41) is 6.43. The third-order valence-electron chi connectivity index (χ3n) is 3.55. The third kappa shape index (κ3) is 8.70. The largest absolute Gasteiger partial charge is 0.401 e. The molecule has 2 N–H and O–H groups in total. The van der Waals surface area contributed by atoms with Gasteiger partial charge in [0.15, 0.2) is 5.96 Å². The molecular formula is C13H26F3IN4. The molecule has 0 amide bonds. The molecule has 0 aromatic carbocycles. The molecule has 1 rings (SSSR count). The third-order valence-corrected chi connectivity index (χ3v) is 3.55. The van der Waals surface area contributed by atoms with Crippen LogP contribution in [0.1, 0.15) is 26.7 Å². The average molecular weight is 422 g/mol. The molecule has 1 aliphatic rings. The Hall–Kier alpha value is -0.250. The van der Waals surface area contributed by atoms with Crippen molar-refractivity contribution in [2.45, 2.75) is 38.9 Å². The highest BCUT2D eigenvalue weighted by molar-refractivity contribution is 14.0. The lowest BCUT2D eigenvalue weighted by molar-refractivity contribution is -0.143. The van der Waals surface area contributed by atoms with Crippen LogP contribution in [0.15, 0.2) is 4.99 Å². The standard InChI is InChI=1S/C13H25F3N4.HI/c1-4-10(2)19-12(17-3)18-7-11-5-6-20(8-11)9-13(14,15)16;/h10-11H,4-9H2,1-3H3,(H2,17,18,19);1H. The summed E-state index contributed by atoms with van der Waals surface area (Å²) in [6.07, 6.45) is -2.32. The lowest BCUT2D eigenvalue weighted by Crippen LogP contribution is -2.44. The number of hydrogen-bond donors (Lipinski definition) is 2. The molecule has 8 heteroatoms. The molecule has 0 saturated carbocycles. The van der Waals surface area contributed by atoms with Gasteiger partial charge in [-0.3, -0.25) is 9.89 Å². The van der Waals surface area contributed by atoms with Gasteiger partial charge >= 0.3 is 6.18 Å². The van der Waals surface area contributed by atoms with Crippen molar-refractivity contribution in [2.75, 3.05) is 33.2 Å². The molecule has 2 atom stereocenters. The van der Waals surface area contributed by atoms with Gasteiger partial charge in [0.25, 0.3) is 0 Å². The van der Waals surface area contributed by atoms with E-state index < -0.39 is 12.7 Å². The molecule has 0 aromatic rings. The fourth-order valence-corrected chi connectivity index (χ4v) is 2.25. The van der Waals surface area contributed by atoms with Crippen molar-refractivity contribution < 1.29 is 13.2 Å². The zero-order valence-electron chi connectivity index (χ0n) is 12.8. The van der Waals surface area contributed by atoms with E-state index in [1.165, 1.54) is 4.90 Å². The molecule has 1 heterocycles. The zero-order valence-corrected chi connectivity index (χ0v) is 15.2. The Morgan fingerprint density at radius 1 is 1.43 bits per heavy atom. The van der Waals surface area contributed by atoms with Crippen LogP contribution in [-0.4, -0.2) is 56.3 Å². The van der Waals surface area contributed by atoms with Crippen molar-refractivity contribution >= 4 is 29.9 Å². The van der Waals surface area contributed by atoms with Gasteiger partial charge in [-0.1, -0.05) is 6.92 Å². The van der Waals surface area contributed by atoms with Crippen molar-refractivity contribution in [3.63, 3.8) is 0 Å². The van der Waals surface area contributed by atoms with Crippen LogP contribution in [0, 0.1) is 5.92 Å². The van der Waals surface area contributed by atoms with Crippen molar-refractivity contribution in [3.8, 4) is 0 Å². The Bertz CT molecular complexity index is 323. The number of nitrogens with zero attached hydrogens (tertiary/aromatic N) is 2. The Kier molecular flexibility index (Phi) is 9.59. The van der Waals surface area contributed by atoms with Crippen LogP contribution in [0.3, 0.4) is 0 Å². The second kappa shape index (κ2) is 9.70. The lowest BCUT2D eigenvalue weighted by atomic mass is 10.1. The van der Waals surface area contributed by atoms with Crippen LogP contribution in [0.5, 0.6) is 0 Å². The summed E-state index contributed by atoms with van der Waals surface area (Å²) < 4.78 is 36.9. The number of likely N-dealkylation sites (tertiary alicyclic amines) is 1. The Morgan fingerprint density at radius 2 is 2.10 bits per heavy atom. The predicted octanol–water partition coefficient (Wildman–Crippen LogP) is 2.45. The number of alkyl halides is 3. The molecule has 0 radical (unpaired) electrons. The second-order valence-corrected chi connectivity index (χ2v) is 5.41. The number of nitrogens with one attached hydrogen (secondary N) is 2. The van der Waals surface area contributed by atoms with Gasteiger partial charge in [-0.15, -0.1) is 24.0 Å². The summed E-state index contributed by atoms with van der Waals surface area (Å²) in [4.78, 5) is 5.59. The van der Waals surface area contributed by atoms with Crippen molar-refractivity contribution in [2.24, 2.45) is 10.9 Å². The summed E-state index contributed by atoms with van der Waals surface area (Å²) in [5.41, 5.74) is 0. The average Bonchev–Trinajstić information content (AvgIpc) is 2.79. The number of rotatable bonds is 5. The molecule has 2 unspecified atom stereocenters. The molecule has 21 heavy (non-hydrogen) atoms. The minimum atomic E-state index is -4.10. The minimum Gasteiger partial charge on any atom is -0.356 e. The first-order chi connectivity index (χ1) is 9.34. The van der Waals surface area contributed by atoms with E-state index in [4.69, 9.17) is 0 Å². The maximum Gasteiger partial charge on any atom is 0.401 e. The van der Waals surface area contributed by atoms with E-state index in [0.717, 1.165) is 12.8 Å².